The van der Waals surface area contributed by atoms with Crippen molar-refractivity contribution in [3.63, 3.8) is 0 Å². The van der Waals surface area contributed by atoms with Crippen LogP contribution in [0.25, 0.3) is 0 Å². The van der Waals surface area contributed by atoms with Crippen molar-refractivity contribution in [1.82, 2.24) is 15.6 Å². The molecular formula is C21H21ClN4O4S2. The highest BCUT2D eigenvalue weighted by Gasteiger charge is 2.07. The van der Waals surface area contributed by atoms with Crippen LogP contribution in [0.3, 0.4) is 0 Å². The molecule has 168 valence electrons. The monoisotopic (exact) mass is 492 g/mol. The number of aryl methyl sites for hydroxylation is 1. The molecule has 32 heavy (non-hydrogen) atoms. The molecule has 0 unspecified atom stereocenters. The summed E-state index contributed by atoms with van der Waals surface area (Å²) in [6.45, 7) is 2.51. The number of carbonyl (C=O) groups excluding carboxylic acids is 1. The van der Waals surface area contributed by atoms with Gasteiger partial charge in [-0.05, 0) is 37.3 Å². The number of ether oxygens (including phenoxy) is 3. The van der Waals surface area contributed by atoms with Crippen LogP contribution in [0.15, 0.2) is 51.9 Å². The van der Waals surface area contributed by atoms with E-state index in [1.807, 2.05) is 25.1 Å². The van der Waals surface area contributed by atoms with E-state index in [9.17, 15) is 4.79 Å². The zero-order valence-electron chi connectivity index (χ0n) is 17.4. The molecule has 1 amide bonds. The van der Waals surface area contributed by atoms with Crippen LogP contribution in [-0.4, -0.2) is 48.4 Å². The number of amides is 1. The molecule has 0 radical (unpaired) electrons. The Kier molecular flexibility index (Phi) is 9.14. The van der Waals surface area contributed by atoms with Gasteiger partial charge in [0.2, 0.25) is 0 Å². The van der Waals surface area contributed by atoms with Gasteiger partial charge in [-0.15, -0.1) is 10.2 Å². The molecule has 3 rings (SSSR count). The molecule has 0 aliphatic heterocycles. The Morgan fingerprint density at radius 2 is 2.00 bits per heavy atom. The van der Waals surface area contributed by atoms with Gasteiger partial charge >= 0.3 is 0 Å². The van der Waals surface area contributed by atoms with Gasteiger partial charge in [-0.1, -0.05) is 40.8 Å². The summed E-state index contributed by atoms with van der Waals surface area (Å²) in [4.78, 5) is 12.0. The minimum atomic E-state index is -0.254. The number of hydrogen-bond acceptors (Lipinski definition) is 9. The first kappa shape index (κ1) is 23.8. The Hall–Kier alpha value is -2.82. The Labute approximate surface area is 198 Å². The van der Waals surface area contributed by atoms with E-state index in [0.29, 0.717) is 35.3 Å². The lowest BCUT2D eigenvalue weighted by molar-refractivity contribution is -0.118. The van der Waals surface area contributed by atoms with E-state index in [4.69, 9.17) is 25.8 Å². The Balaban J connectivity index is 1.48. The summed E-state index contributed by atoms with van der Waals surface area (Å²) < 4.78 is 17.4. The van der Waals surface area contributed by atoms with Crippen LogP contribution in [0.2, 0.25) is 5.02 Å². The van der Waals surface area contributed by atoms with Crippen molar-refractivity contribution >= 4 is 46.8 Å². The Morgan fingerprint density at radius 3 is 2.78 bits per heavy atom. The molecule has 0 aliphatic carbocycles. The van der Waals surface area contributed by atoms with Gasteiger partial charge in [0.05, 0.1) is 19.1 Å². The van der Waals surface area contributed by atoms with Crippen molar-refractivity contribution in [1.29, 1.82) is 0 Å². The van der Waals surface area contributed by atoms with Crippen LogP contribution < -0.4 is 19.6 Å². The summed E-state index contributed by atoms with van der Waals surface area (Å²) in [7, 11) is 1.60. The van der Waals surface area contributed by atoms with Crippen molar-refractivity contribution in [2.45, 2.75) is 11.3 Å². The fourth-order valence-electron chi connectivity index (χ4n) is 2.42. The molecule has 2 aromatic carbocycles. The quantitative estimate of drug-likeness (QED) is 0.185. The first-order valence-corrected chi connectivity index (χ1v) is 11.7. The first-order chi connectivity index (χ1) is 15.5. The predicted octanol–water partition coefficient (Wildman–Crippen LogP) is 4.21. The van der Waals surface area contributed by atoms with E-state index < -0.39 is 0 Å². The molecule has 0 fully saturated rings. The van der Waals surface area contributed by atoms with Crippen LogP contribution in [0.5, 0.6) is 17.2 Å². The number of thioether (sulfide) groups is 1. The zero-order chi connectivity index (χ0) is 22.8. The molecule has 8 nitrogen and oxygen atoms in total. The second-order valence-electron chi connectivity index (χ2n) is 6.23. The minimum absolute atomic E-state index is 0.187. The number of hydrazone groups is 1. The van der Waals surface area contributed by atoms with Gasteiger partial charge in [0, 0.05) is 16.7 Å². The van der Waals surface area contributed by atoms with E-state index >= 15 is 0 Å². The molecule has 0 saturated heterocycles. The second-order valence-corrected chi connectivity index (χ2v) is 9.07. The lowest BCUT2D eigenvalue weighted by Gasteiger charge is -2.11. The second kappa shape index (κ2) is 12.3. The van der Waals surface area contributed by atoms with Crippen molar-refractivity contribution < 1.29 is 19.0 Å². The van der Waals surface area contributed by atoms with E-state index in [0.717, 1.165) is 15.1 Å². The molecule has 0 aliphatic rings. The number of rotatable bonds is 11. The van der Waals surface area contributed by atoms with Crippen LogP contribution >= 0.6 is 34.7 Å². The van der Waals surface area contributed by atoms with Gasteiger partial charge in [0.15, 0.2) is 4.34 Å². The summed E-state index contributed by atoms with van der Waals surface area (Å²) in [5.74, 6) is 1.91. The number of hydrogen-bond donors (Lipinski definition) is 1. The average molecular weight is 493 g/mol. The number of aromatic nitrogens is 2. The number of carbonyl (C=O) groups is 1. The number of methoxy groups -OCH3 is 1. The highest BCUT2D eigenvalue weighted by atomic mass is 35.5. The van der Waals surface area contributed by atoms with Crippen molar-refractivity contribution in [3.8, 4) is 17.2 Å². The predicted molar refractivity (Wildman–Crippen MR) is 127 cm³/mol. The third-order valence-electron chi connectivity index (χ3n) is 3.85. The van der Waals surface area contributed by atoms with Gasteiger partial charge in [0.25, 0.3) is 5.91 Å². The lowest BCUT2D eigenvalue weighted by atomic mass is 10.2. The maximum atomic E-state index is 12.0. The third-order valence-corrected chi connectivity index (χ3v) is 6.06. The highest BCUT2D eigenvalue weighted by Crippen LogP contribution is 2.23. The van der Waals surface area contributed by atoms with Crippen LogP contribution in [0.1, 0.15) is 10.6 Å². The zero-order valence-corrected chi connectivity index (χ0v) is 19.8. The molecule has 1 aromatic heterocycles. The van der Waals surface area contributed by atoms with Gasteiger partial charge < -0.3 is 14.2 Å². The molecule has 1 heterocycles. The normalized spacial score (nSPS) is 10.8. The number of halogens is 1. The van der Waals surface area contributed by atoms with Crippen LogP contribution in [-0.2, 0) is 4.79 Å². The summed E-state index contributed by atoms with van der Waals surface area (Å²) in [5.41, 5.74) is 3.12. The largest absolute Gasteiger partial charge is 0.497 e. The lowest BCUT2D eigenvalue weighted by Crippen LogP contribution is -2.19. The van der Waals surface area contributed by atoms with Crippen LogP contribution in [0.4, 0.5) is 0 Å². The topological polar surface area (TPSA) is 94.9 Å². The van der Waals surface area contributed by atoms with Gasteiger partial charge in [0.1, 0.15) is 35.5 Å². The summed E-state index contributed by atoms with van der Waals surface area (Å²) in [6, 6.07) is 12.5. The molecule has 0 saturated carbocycles. The molecular weight excluding hydrogens is 472 g/mol. The van der Waals surface area contributed by atoms with Gasteiger partial charge in [-0.2, -0.15) is 5.10 Å². The molecule has 0 atom stereocenters. The Morgan fingerprint density at radius 1 is 1.19 bits per heavy atom. The average Bonchev–Trinajstić information content (AvgIpc) is 3.21. The molecule has 11 heteroatoms. The molecule has 0 spiro atoms. The van der Waals surface area contributed by atoms with E-state index in [2.05, 4.69) is 20.7 Å². The summed E-state index contributed by atoms with van der Waals surface area (Å²) in [5, 5.41) is 13.3. The van der Waals surface area contributed by atoms with E-state index in [1.54, 1.807) is 31.4 Å². The maximum absolute atomic E-state index is 12.0. The molecule has 0 bridgehead atoms. The highest BCUT2D eigenvalue weighted by molar-refractivity contribution is 8.01. The summed E-state index contributed by atoms with van der Waals surface area (Å²) >= 11 is 8.84. The number of benzene rings is 2. The van der Waals surface area contributed by atoms with E-state index in [1.165, 1.54) is 29.3 Å². The first-order valence-electron chi connectivity index (χ1n) is 9.47. The number of nitrogens with zero attached hydrogens (tertiary/aromatic N) is 3. The minimum Gasteiger partial charge on any atom is -0.497 e. The van der Waals surface area contributed by atoms with Crippen molar-refractivity contribution in [2.24, 2.45) is 5.10 Å². The standard InChI is InChI=1S/C21H21ClN4O4S2/c1-14-24-26-21(32-14)31-13-20(27)25-23-12-15-10-16(22)6-7-19(15)30-9-8-29-18-5-3-4-17(11-18)28-2/h3-7,10-12H,8-9,13H2,1-2H3,(H,25,27). The van der Waals surface area contributed by atoms with Crippen LogP contribution in [0, 0.1) is 6.92 Å². The maximum Gasteiger partial charge on any atom is 0.250 e. The summed E-state index contributed by atoms with van der Waals surface area (Å²) in [6.07, 6.45) is 1.49. The molecule has 1 N–H and O–H groups in total. The smallest absolute Gasteiger partial charge is 0.250 e. The molecule has 3 aromatic rings. The third kappa shape index (κ3) is 7.70. The van der Waals surface area contributed by atoms with Crippen molar-refractivity contribution in [2.75, 3.05) is 26.1 Å². The van der Waals surface area contributed by atoms with E-state index in [-0.39, 0.29) is 11.7 Å². The SMILES string of the molecule is COc1cccc(OCCOc2ccc(Cl)cc2C=NNC(=O)CSc2nnc(C)s2)c1. The van der Waals surface area contributed by atoms with Gasteiger partial charge in [-0.3, -0.25) is 4.79 Å². The van der Waals surface area contributed by atoms with Crippen molar-refractivity contribution in [3.05, 3.63) is 58.1 Å². The fraction of sp³-hybridized carbons (Fsp3) is 0.238. The Bertz CT molecular complexity index is 1080. The number of nitrogens with one attached hydrogen (secondary N) is 1. The van der Waals surface area contributed by atoms with Gasteiger partial charge in [-0.25, -0.2) is 5.43 Å². The fourth-order valence-corrected chi connectivity index (χ4v) is 4.21.